The Morgan fingerprint density at radius 1 is 0.178 bits per heavy atom. The molecule has 0 aromatic rings. The van der Waals surface area contributed by atoms with Crippen molar-refractivity contribution in [1.29, 1.82) is 0 Å². The number of halogens is 42. The van der Waals surface area contributed by atoms with Gasteiger partial charge >= 0.3 is 131 Å². The SMILES string of the molecule is FC(F)(F)C(F)(F)C(F)(F)CCCOP1(OCCCC(F)(F)C(F)(F)C(F)(F)F)=NP(OCCCC(F)(F)C(F)(F)C(F)(F)F)(OCCCC(F)(F)C(F)(F)C(F)(F)F)=NP(OCCCC(F)(F)C(F)(F)C(F)(F)F)(OCCCC(F)(F)C(F)(F)C(F)(F)F)=N1. The Hall–Kier alpha value is -2.49. The second kappa shape index (κ2) is 27.9. The van der Waals surface area contributed by atoms with Gasteiger partial charge in [0.15, 0.2) is 0 Å². The highest BCUT2D eigenvalue weighted by Crippen LogP contribution is 2.81. The molecular weight excluding hydrogens is 1460 g/mol. The van der Waals surface area contributed by atoms with Crippen LogP contribution in [0.1, 0.15) is 77.0 Å². The third kappa shape index (κ3) is 19.4. The largest absolute Gasteiger partial charge is 0.459 e. The molecule has 0 atom stereocenters. The van der Waals surface area contributed by atoms with Crippen LogP contribution in [0.3, 0.4) is 0 Å². The average molecular weight is 1500 g/mol. The van der Waals surface area contributed by atoms with Crippen molar-refractivity contribution in [2.75, 3.05) is 39.6 Å². The van der Waals surface area contributed by atoms with Crippen LogP contribution in [0.25, 0.3) is 0 Å². The van der Waals surface area contributed by atoms with Crippen molar-refractivity contribution in [2.24, 2.45) is 13.5 Å². The molecule has 1 aliphatic heterocycles. The molecular formula is C36H36F42N3O6P3. The van der Waals surface area contributed by atoms with Crippen LogP contribution in [-0.2, 0) is 27.1 Å². The van der Waals surface area contributed by atoms with E-state index in [2.05, 4.69) is 13.5 Å². The van der Waals surface area contributed by atoms with Crippen molar-refractivity contribution in [2.45, 2.75) is 185 Å². The average Bonchev–Trinajstić information content (AvgIpc) is 3.32. The smallest absolute Gasteiger partial charge is 0.306 e. The maximum atomic E-state index is 14.4. The van der Waals surface area contributed by atoms with Crippen molar-refractivity contribution < 1.29 is 212 Å². The molecule has 540 valence electrons. The summed E-state index contributed by atoms with van der Waals surface area (Å²) in [6, 6.07) is 0. The predicted molar refractivity (Wildman–Crippen MR) is 215 cm³/mol. The van der Waals surface area contributed by atoms with Gasteiger partial charge in [0.1, 0.15) is 0 Å². The fraction of sp³-hybridized carbons (Fsp3) is 1.00. The van der Waals surface area contributed by atoms with Gasteiger partial charge in [0.2, 0.25) is 0 Å². The zero-order valence-electron chi connectivity index (χ0n) is 42.7. The minimum atomic E-state index is -7.26. The van der Waals surface area contributed by atoms with Crippen molar-refractivity contribution >= 4 is 23.0 Å². The van der Waals surface area contributed by atoms with Crippen molar-refractivity contribution in [3.63, 3.8) is 0 Å². The molecule has 54 heteroatoms. The van der Waals surface area contributed by atoms with E-state index >= 15 is 0 Å². The van der Waals surface area contributed by atoms with Gasteiger partial charge in [0.05, 0.1) is 39.6 Å². The lowest BCUT2D eigenvalue weighted by Gasteiger charge is -2.34. The van der Waals surface area contributed by atoms with Crippen LogP contribution < -0.4 is 0 Å². The molecule has 1 heterocycles. The van der Waals surface area contributed by atoms with Crippen molar-refractivity contribution in [3.8, 4) is 0 Å². The Morgan fingerprint density at radius 3 is 0.367 bits per heavy atom. The lowest BCUT2D eigenvalue weighted by Crippen LogP contribution is -2.51. The van der Waals surface area contributed by atoms with Crippen LogP contribution >= 0.6 is 23.0 Å². The van der Waals surface area contributed by atoms with Crippen molar-refractivity contribution in [1.82, 2.24) is 0 Å². The number of hydrogen-bond acceptors (Lipinski definition) is 9. The van der Waals surface area contributed by atoms with E-state index in [-0.39, 0.29) is 0 Å². The first kappa shape index (κ1) is 85.5. The van der Waals surface area contributed by atoms with Crippen LogP contribution in [0, 0.1) is 0 Å². The van der Waals surface area contributed by atoms with Gasteiger partial charge < -0.3 is 27.1 Å². The highest BCUT2D eigenvalue weighted by atomic mass is 31.3. The lowest BCUT2D eigenvalue weighted by atomic mass is 10.1. The standard InChI is InChI=1S/C36H36F42N3O6P3/c37-19(38,25(49,50)31(61,62)63)7-1-13-82-88(83-14-2-8-20(39,40)26(51,52)32(64,65)66)79-89(84-15-3-9-21(41,42)27(53,54)33(67,68)69,85-16-4-10-22(43,44)28(55,56)34(70,71)72)81-90(80-88,86-17-5-11-23(45,46)29(57,58)35(73,74)75)87-18-6-12-24(47,48)30(59,60)36(76,77)78/h1-18H2. The Morgan fingerprint density at radius 2 is 0.278 bits per heavy atom. The molecule has 0 aromatic carbocycles. The maximum Gasteiger partial charge on any atom is 0.459 e. The second-order valence-electron chi connectivity index (χ2n) is 18.0. The summed E-state index contributed by atoms with van der Waals surface area (Å²) in [7, 11) is -20.1. The first-order valence-corrected chi connectivity index (χ1v) is 27.7. The van der Waals surface area contributed by atoms with Gasteiger partial charge in [-0.2, -0.15) is 184 Å². The summed E-state index contributed by atoms with van der Waals surface area (Å²) >= 11 is 0. The molecule has 0 bridgehead atoms. The number of rotatable bonds is 36. The fourth-order valence-electron chi connectivity index (χ4n) is 5.96. The second-order valence-corrected chi connectivity index (χ2v) is 24.7. The Bertz CT molecular complexity index is 2070. The molecule has 1 rings (SSSR count). The molecule has 9 nitrogen and oxygen atoms in total. The summed E-state index contributed by atoms with van der Waals surface area (Å²) in [5.74, 6) is -81.7. The molecule has 0 unspecified atom stereocenters. The summed E-state index contributed by atoms with van der Waals surface area (Å²) in [5.41, 5.74) is 0. The third-order valence-corrected chi connectivity index (χ3v) is 19.5. The van der Waals surface area contributed by atoms with Gasteiger partial charge in [-0.25, -0.2) is 0 Å². The zero-order valence-corrected chi connectivity index (χ0v) is 45.4. The summed E-state index contributed by atoms with van der Waals surface area (Å²) < 4.78 is 609. The van der Waals surface area contributed by atoms with Crippen LogP contribution in [0.5, 0.6) is 0 Å². The molecule has 90 heavy (non-hydrogen) atoms. The fourth-order valence-corrected chi connectivity index (χ4v) is 15.7. The number of nitrogens with zero attached hydrogens (tertiary/aromatic N) is 3. The topological polar surface area (TPSA) is 92.5 Å². The van der Waals surface area contributed by atoms with Gasteiger partial charge in [0, 0.05) is 38.5 Å². The molecule has 0 aliphatic carbocycles. The van der Waals surface area contributed by atoms with E-state index in [4.69, 9.17) is 27.1 Å². The quantitative estimate of drug-likeness (QED) is 0.0353. The van der Waals surface area contributed by atoms with Crippen LogP contribution in [0.15, 0.2) is 13.5 Å². The first-order chi connectivity index (χ1) is 39.4. The summed E-state index contributed by atoms with van der Waals surface area (Å²) in [5, 5.41) is 0. The minimum Gasteiger partial charge on any atom is -0.306 e. The van der Waals surface area contributed by atoms with E-state index < -0.39 is 248 Å². The molecule has 0 saturated heterocycles. The minimum absolute atomic E-state index is 2.27. The Kier molecular flexibility index (Phi) is 26.5. The van der Waals surface area contributed by atoms with Crippen molar-refractivity contribution in [3.05, 3.63) is 0 Å². The van der Waals surface area contributed by atoms with E-state index in [1.54, 1.807) is 0 Å². The van der Waals surface area contributed by atoms with Crippen LogP contribution in [-0.4, -0.2) is 148 Å². The highest BCUT2D eigenvalue weighted by molar-refractivity contribution is 7.78. The zero-order chi connectivity index (χ0) is 71.6. The summed E-state index contributed by atoms with van der Waals surface area (Å²) in [6.45, 7) is -14.2. The van der Waals surface area contributed by atoms with Crippen LogP contribution in [0.4, 0.5) is 184 Å². The summed E-state index contributed by atoms with van der Waals surface area (Å²) in [4.78, 5) is 0. The highest BCUT2D eigenvalue weighted by Gasteiger charge is 2.77. The molecule has 0 fully saturated rings. The third-order valence-electron chi connectivity index (χ3n) is 10.9. The van der Waals surface area contributed by atoms with E-state index in [0.717, 1.165) is 0 Å². The lowest BCUT2D eigenvalue weighted by molar-refractivity contribution is -0.356. The van der Waals surface area contributed by atoms with Gasteiger partial charge in [-0.15, -0.1) is 13.5 Å². The maximum absolute atomic E-state index is 14.4. The van der Waals surface area contributed by atoms with E-state index in [9.17, 15) is 184 Å². The Balaban J connectivity index is 4.81. The Labute approximate surface area is 473 Å². The monoisotopic (exact) mass is 1500 g/mol. The normalized spacial score (nSPS) is 17.9. The predicted octanol–water partition coefficient (Wildman–Crippen LogP) is 21.6. The molecule has 0 saturated carbocycles. The number of alkyl halides is 42. The molecule has 0 radical (unpaired) electrons. The van der Waals surface area contributed by atoms with E-state index in [0.29, 0.717) is 0 Å². The van der Waals surface area contributed by atoms with E-state index in [1.807, 2.05) is 0 Å². The van der Waals surface area contributed by atoms with Gasteiger partial charge in [-0.3, -0.25) is 0 Å². The van der Waals surface area contributed by atoms with Gasteiger partial charge in [-0.1, -0.05) is 0 Å². The van der Waals surface area contributed by atoms with E-state index in [1.165, 1.54) is 0 Å². The molecule has 0 N–H and O–H groups in total. The molecule has 0 aromatic heterocycles. The van der Waals surface area contributed by atoms with Gasteiger partial charge in [0.25, 0.3) is 0 Å². The molecule has 0 spiro atoms. The van der Waals surface area contributed by atoms with Crippen LogP contribution in [0.2, 0.25) is 0 Å². The van der Waals surface area contributed by atoms with Gasteiger partial charge in [-0.05, 0) is 38.5 Å². The molecule has 0 amide bonds. The first-order valence-electron chi connectivity index (χ1n) is 23.1. The molecule has 1 aliphatic rings. The number of hydrogen-bond donors (Lipinski definition) is 0. The summed E-state index contributed by atoms with van der Waals surface area (Å²) in [6.07, 6.45) is -75.1.